The topological polar surface area (TPSA) is 6.48 Å². The van der Waals surface area contributed by atoms with E-state index >= 15 is 0 Å². The molecule has 0 bridgehead atoms. The monoisotopic (exact) mass is 234 g/mol. The first-order valence-electron chi connectivity index (χ1n) is 4.09. The predicted octanol–water partition coefficient (Wildman–Crippen LogP) is 1.70. The maximum atomic E-state index is 5.66. The molecule has 0 saturated carbocycles. The first-order valence-corrected chi connectivity index (χ1v) is 8.63. The summed E-state index contributed by atoms with van der Waals surface area (Å²) in [4.78, 5) is 0. The molecule has 5 heteroatoms. The van der Waals surface area contributed by atoms with Gasteiger partial charge in [0.25, 0.3) is 0 Å². The highest BCUT2D eigenvalue weighted by atomic mass is 32.9. The van der Waals surface area contributed by atoms with Gasteiger partial charge in [0.15, 0.2) is 0 Å². The summed E-state index contributed by atoms with van der Waals surface area (Å²) in [5.74, 6) is 3.14. The third-order valence-corrected chi connectivity index (χ3v) is 10.9. The zero-order valence-corrected chi connectivity index (χ0v) is 10.8. The Morgan fingerprint density at radius 2 is 1.92 bits per heavy atom. The van der Waals surface area contributed by atoms with Crippen LogP contribution in [-0.4, -0.2) is 42.8 Å². The molecule has 2 nitrogen and oxygen atoms in total. The summed E-state index contributed by atoms with van der Waals surface area (Å²) in [7, 11) is 4.16. The molecule has 1 fully saturated rings. The molecule has 0 aromatic carbocycles. The normalized spacial score (nSPS) is 37.2. The van der Waals surface area contributed by atoms with E-state index in [0.29, 0.717) is 5.92 Å². The van der Waals surface area contributed by atoms with Crippen molar-refractivity contribution in [2.45, 2.75) is 0 Å². The summed E-state index contributed by atoms with van der Waals surface area (Å²) in [6.07, 6.45) is 7.51. The lowest BCUT2D eigenvalue weighted by atomic mass is 10.1. The zero-order valence-electron chi connectivity index (χ0n) is 8.23. The SMILES string of the molecule is C#CC1CN(C)P(=S)(SC)N(C)C1. The van der Waals surface area contributed by atoms with Crippen LogP contribution >= 0.6 is 16.9 Å². The number of rotatable bonds is 1. The van der Waals surface area contributed by atoms with Crippen LogP contribution in [-0.2, 0) is 11.8 Å². The molecule has 0 aliphatic carbocycles. The van der Waals surface area contributed by atoms with Gasteiger partial charge in [-0.1, -0.05) is 23.2 Å². The number of hydrogen-bond donors (Lipinski definition) is 0. The summed E-state index contributed by atoms with van der Waals surface area (Å²) in [5, 5.41) is 0. The van der Waals surface area contributed by atoms with Gasteiger partial charge in [-0.3, -0.25) is 9.34 Å². The number of nitrogens with zero attached hydrogens (tertiary/aromatic N) is 2. The highest BCUT2D eigenvalue weighted by molar-refractivity contribution is 8.69. The highest BCUT2D eigenvalue weighted by Gasteiger charge is 2.34. The standard InChI is InChI=1S/C8H15N2PS2/c1-5-8-6-9(2)11(12,13-4)10(3)7-8/h1,8H,6-7H2,2-4H3. The fourth-order valence-corrected chi connectivity index (χ4v) is 5.91. The molecule has 13 heavy (non-hydrogen) atoms. The molecule has 0 radical (unpaired) electrons. The van der Waals surface area contributed by atoms with E-state index in [1.54, 1.807) is 11.4 Å². The van der Waals surface area contributed by atoms with E-state index in [1.807, 2.05) is 0 Å². The molecule has 0 atom stereocenters. The molecular weight excluding hydrogens is 219 g/mol. The Balaban J connectivity index is 2.83. The lowest BCUT2D eigenvalue weighted by molar-refractivity contribution is 0.343. The van der Waals surface area contributed by atoms with Crippen LogP contribution in [0.3, 0.4) is 0 Å². The fourth-order valence-electron chi connectivity index (χ4n) is 1.55. The molecule has 0 aromatic rings. The third-order valence-electron chi connectivity index (χ3n) is 2.31. The van der Waals surface area contributed by atoms with Crippen LogP contribution in [0.4, 0.5) is 0 Å². The molecule has 1 aliphatic rings. The van der Waals surface area contributed by atoms with Gasteiger partial charge in [-0.2, -0.15) is 0 Å². The smallest absolute Gasteiger partial charge is 0.131 e. The van der Waals surface area contributed by atoms with Crippen molar-refractivity contribution in [3.05, 3.63) is 0 Å². The van der Waals surface area contributed by atoms with E-state index in [9.17, 15) is 0 Å². The molecule has 0 spiro atoms. The Labute approximate surface area is 89.9 Å². The summed E-state index contributed by atoms with van der Waals surface area (Å²) >= 11 is 7.44. The lowest BCUT2D eigenvalue weighted by Crippen LogP contribution is -2.39. The lowest BCUT2D eigenvalue weighted by Gasteiger charge is -2.44. The average Bonchev–Trinajstić information content (AvgIpc) is 2.13. The quantitative estimate of drug-likeness (QED) is 0.503. The fraction of sp³-hybridized carbons (Fsp3) is 0.750. The molecule has 1 rings (SSSR count). The molecular formula is C8H15N2PS2. The van der Waals surface area contributed by atoms with Crippen molar-refractivity contribution in [2.75, 3.05) is 33.4 Å². The summed E-state index contributed by atoms with van der Waals surface area (Å²) in [6.45, 7) is 1.89. The van der Waals surface area contributed by atoms with Crippen LogP contribution in [0.5, 0.6) is 0 Å². The van der Waals surface area contributed by atoms with Gasteiger partial charge in [0.2, 0.25) is 0 Å². The van der Waals surface area contributed by atoms with Crippen molar-refractivity contribution >= 4 is 28.7 Å². The van der Waals surface area contributed by atoms with Crippen molar-refractivity contribution in [2.24, 2.45) is 5.92 Å². The van der Waals surface area contributed by atoms with E-state index in [2.05, 4.69) is 35.6 Å². The van der Waals surface area contributed by atoms with Crippen LogP contribution in [0, 0.1) is 18.3 Å². The maximum absolute atomic E-state index is 5.66. The Morgan fingerprint density at radius 1 is 1.46 bits per heavy atom. The van der Waals surface area contributed by atoms with Crippen LogP contribution in [0.25, 0.3) is 0 Å². The van der Waals surface area contributed by atoms with E-state index in [0.717, 1.165) is 13.1 Å². The van der Waals surface area contributed by atoms with Gasteiger partial charge in [0.1, 0.15) is 5.54 Å². The Morgan fingerprint density at radius 3 is 2.23 bits per heavy atom. The molecule has 0 aromatic heterocycles. The Bertz CT molecular complexity index is 258. The Kier molecular flexibility index (Phi) is 3.85. The van der Waals surface area contributed by atoms with Crippen LogP contribution in [0.2, 0.25) is 0 Å². The zero-order chi connectivity index (χ0) is 10.1. The van der Waals surface area contributed by atoms with Gasteiger partial charge in [0.05, 0.1) is 0 Å². The van der Waals surface area contributed by atoms with Gasteiger partial charge in [-0.15, -0.1) is 12.3 Å². The molecule has 0 amide bonds. The van der Waals surface area contributed by atoms with Gasteiger partial charge < -0.3 is 0 Å². The van der Waals surface area contributed by atoms with Gasteiger partial charge >= 0.3 is 0 Å². The van der Waals surface area contributed by atoms with Crippen molar-refractivity contribution in [1.82, 2.24) is 9.34 Å². The first kappa shape index (κ1) is 11.6. The van der Waals surface area contributed by atoms with E-state index in [4.69, 9.17) is 18.2 Å². The number of hydrogen-bond acceptors (Lipinski definition) is 2. The van der Waals surface area contributed by atoms with Crippen LogP contribution < -0.4 is 0 Å². The first-order chi connectivity index (χ1) is 6.04. The molecule has 1 heterocycles. The van der Waals surface area contributed by atoms with Crippen molar-refractivity contribution in [1.29, 1.82) is 0 Å². The average molecular weight is 234 g/mol. The molecule has 0 unspecified atom stereocenters. The second-order valence-corrected chi connectivity index (χ2v) is 10.8. The highest BCUT2D eigenvalue weighted by Crippen LogP contribution is 2.63. The summed E-state index contributed by atoms with van der Waals surface area (Å²) in [6, 6.07) is 0. The Hall–Kier alpha value is 0.480. The van der Waals surface area contributed by atoms with Gasteiger partial charge in [-0.25, -0.2) is 0 Å². The van der Waals surface area contributed by atoms with Gasteiger partial charge in [-0.05, 0) is 20.4 Å². The van der Waals surface area contributed by atoms with E-state index in [-0.39, 0.29) is 0 Å². The minimum absolute atomic E-state index is 0.332. The minimum Gasteiger partial charge on any atom is -0.257 e. The second kappa shape index (κ2) is 4.33. The van der Waals surface area contributed by atoms with E-state index in [1.165, 1.54) is 0 Å². The van der Waals surface area contributed by atoms with Crippen LogP contribution in [0.1, 0.15) is 0 Å². The van der Waals surface area contributed by atoms with E-state index < -0.39 is 5.54 Å². The minimum atomic E-state index is -1.51. The van der Waals surface area contributed by atoms with Crippen molar-refractivity contribution in [3.8, 4) is 12.3 Å². The molecule has 1 saturated heterocycles. The molecule has 1 aliphatic heterocycles. The molecule has 74 valence electrons. The molecule has 0 N–H and O–H groups in total. The van der Waals surface area contributed by atoms with Crippen LogP contribution in [0.15, 0.2) is 0 Å². The summed E-state index contributed by atoms with van der Waals surface area (Å²) < 4.78 is 4.50. The largest absolute Gasteiger partial charge is 0.257 e. The van der Waals surface area contributed by atoms with Crippen molar-refractivity contribution in [3.63, 3.8) is 0 Å². The van der Waals surface area contributed by atoms with Gasteiger partial charge in [0, 0.05) is 19.0 Å². The second-order valence-electron chi connectivity index (χ2n) is 3.22. The predicted molar refractivity (Wildman–Crippen MR) is 65.4 cm³/mol. The van der Waals surface area contributed by atoms with Crippen molar-refractivity contribution < 1.29 is 0 Å². The number of terminal acetylenes is 1. The third kappa shape index (κ3) is 2.11. The summed E-state index contributed by atoms with van der Waals surface area (Å²) in [5.41, 5.74) is -1.51. The maximum Gasteiger partial charge on any atom is 0.131 e.